The van der Waals surface area contributed by atoms with E-state index in [-0.39, 0.29) is 11.9 Å². The van der Waals surface area contributed by atoms with Crippen LogP contribution in [0.1, 0.15) is 37.0 Å². The molecule has 0 aliphatic heterocycles. The molecule has 1 saturated carbocycles. The van der Waals surface area contributed by atoms with Crippen LogP contribution in [0.4, 0.5) is 0 Å². The van der Waals surface area contributed by atoms with Gasteiger partial charge in [0.25, 0.3) is 5.91 Å². The van der Waals surface area contributed by atoms with Crippen LogP contribution in [0.5, 0.6) is 5.75 Å². The summed E-state index contributed by atoms with van der Waals surface area (Å²) in [5.41, 5.74) is 1.44. The minimum atomic E-state index is -1.00. The van der Waals surface area contributed by atoms with E-state index >= 15 is 0 Å². The van der Waals surface area contributed by atoms with Crippen LogP contribution < -0.4 is 10.1 Å². The predicted octanol–water partition coefficient (Wildman–Crippen LogP) is 3.98. The Morgan fingerprint density at radius 1 is 1.15 bits per heavy atom. The number of carbonyl (C=O) groups excluding carboxylic acids is 2. The molecule has 1 amide bonds. The molecule has 5 nitrogen and oxygen atoms in total. The lowest BCUT2D eigenvalue weighted by Gasteiger charge is -2.21. The minimum absolute atomic E-state index is 0.174. The maximum Gasteiger partial charge on any atom is 0.348 e. The second kappa shape index (κ2) is 8.44. The number of carbonyl (C=O) groups is 2. The van der Waals surface area contributed by atoms with Gasteiger partial charge in [0.05, 0.1) is 0 Å². The maximum absolute atomic E-state index is 12.6. The van der Waals surface area contributed by atoms with Crippen molar-refractivity contribution >= 4 is 23.5 Å². The van der Waals surface area contributed by atoms with Crippen molar-refractivity contribution in [3.63, 3.8) is 0 Å². The maximum atomic E-state index is 12.6. The van der Waals surface area contributed by atoms with Crippen molar-refractivity contribution in [1.82, 2.24) is 5.32 Å². The van der Waals surface area contributed by atoms with Gasteiger partial charge >= 0.3 is 5.97 Å². The molecule has 2 atom stereocenters. The van der Waals surface area contributed by atoms with Crippen molar-refractivity contribution in [2.24, 2.45) is 0 Å². The summed E-state index contributed by atoms with van der Waals surface area (Å²) < 4.78 is 11.2. The fourth-order valence-corrected chi connectivity index (χ4v) is 2.83. The summed E-state index contributed by atoms with van der Waals surface area (Å²) in [5, 5.41) is 3.48. The molecule has 2 aromatic rings. The van der Waals surface area contributed by atoms with E-state index in [1.165, 1.54) is 0 Å². The topological polar surface area (TPSA) is 64.6 Å². The Kier molecular flexibility index (Phi) is 6.01. The molecule has 2 unspecified atom stereocenters. The Hall–Kier alpha value is -2.53. The van der Waals surface area contributed by atoms with Crippen LogP contribution in [0.25, 0.3) is 0 Å². The van der Waals surface area contributed by atoms with Gasteiger partial charge in [0.15, 0.2) is 6.10 Å². The molecule has 27 heavy (non-hydrogen) atoms. The Morgan fingerprint density at radius 2 is 1.85 bits per heavy atom. The first-order chi connectivity index (χ1) is 12.9. The van der Waals surface area contributed by atoms with Gasteiger partial charge in [-0.25, -0.2) is 4.79 Å². The summed E-state index contributed by atoms with van der Waals surface area (Å²) >= 11 is 5.94. The largest absolute Gasteiger partial charge is 0.479 e. The Morgan fingerprint density at radius 3 is 2.48 bits per heavy atom. The van der Waals surface area contributed by atoms with Crippen LogP contribution in [0, 0.1) is 6.92 Å². The van der Waals surface area contributed by atoms with Crippen LogP contribution >= 0.6 is 11.6 Å². The Bertz CT molecular complexity index is 820. The van der Waals surface area contributed by atoms with Crippen LogP contribution in [0.15, 0.2) is 48.5 Å². The fraction of sp³-hybridized carbons (Fsp3) is 0.333. The highest BCUT2D eigenvalue weighted by Crippen LogP contribution is 2.25. The van der Waals surface area contributed by atoms with Gasteiger partial charge in [-0.15, -0.1) is 0 Å². The van der Waals surface area contributed by atoms with Gasteiger partial charge in [0, 0.05) is 16.6 Å². The van der Waals surface area contributed by atoms with Gasteiger partial charge in [-0.1, -0.05) is 41.9 Å². The number of benzene rings is 2. The highest BCUT2D eigenvalue weighted by atomic mass is 35.5. The number of aryl methyl sites for hydroxylation is 1. The first kappa shape index (κ1) is 19.2. The molecule has 142 valence electrons. The number of hydrogen-bond donors (Lipinski definition) is 1. The zero-order chi connectivity index (χ0) is 19.4. The van der Waals surface area contributed by atoms with E-state index in [0.29, 0.717) is 16.3 Å². The van der Waals surface area contributed by atoms with Crippen molar-refractivity contribution in [1.29, 1.82) is 0 Å². The molecule has 1 N–H and O–H groups in total. The third-order valence-electron chi connectivity index (χ3n) is 4.27. The van der Waals surface area contributed by atoms with E-state index in [4.69, 9.17) is 21.1 Å². The SMILES string of the molecule is Cc1cc(Cl)ccc1OC(C)C(=O)OC(C(=O)NC1CC1)c1ccccc1. The van der Waals surface area contributed by atoms with Crippen molar-refractivity contribution < 1.29 is 19.1 Å². The molecular formula is C21H22ClNO4. The molecule has 1 aliphatic rings. The number of ether oxygens (including phenoxy) is 2. The molecule has 0 aromatic heterocycles. The van der Waals surface area contributed by atoms with Crippen LogP contribution in [-0.2, 0) is 14.3 Å². The van der Waals surface area contributed by atoms with Crippen molar-refractivity contribution in [2.45, 2.75) is 44.9 Å². The number of nitrogens with one attached hydrogen (secondary N) is 1. The number of esters is 1. The first-order valence-electron chi connectivity index (χ1n) is 8.92. The number of rotatable bonds is 7. The van der Waals surface area contributed by atoms with E-state index < -0.39 is 18.2 Å². The molecule has 0 saturated heterocycles. The van der Waals surface area contributed by atoms with E-state index in [2.05, 4.69) is 5.32 Å². The summed E-state index contributed by atoms with van der Waals surface area (Å²) in [6.07, 6.45) is 0.0362. The fourth-order valence-electron chi connectivity index (χ4n) is 2.60. The summed E-state index contributed by atoms with van der Waals surface area (Å²) in [6, 6.07) is 14.3. The number of halogens is 1. The van der Waals surface area contributed by atoms with Gasteiger partial charge in [0.1, 0.15) is 5.75 Å². The summed E-state index contributed by atoms with van der Waals surface area (Å²) in [6.45, 7) is 3.44. The molecule has 2 aromatic carbocycles. The summed E-state index contributed by atoms with van der Waals surface area (Å²) in [7, 11) is 0. The minimum Gasteiger partial charge on any atom is -0.479 e. The van der Waals surface area contributed by atoms with Crippen molar-refractivity contribution in [3.05, 3.63) is 64.7 Å². The third kappa shape index (κ3) is 5.23. The highest BCUT2D eigenvalue weighted by Gasteiger charge is 2.32. The van der Waals surface area contributed by atoms with Crippen molar-refractivity contribution in [3.8, 4) is 5.75 Å². The lowest BCUT2D eigenvalue weighted by Crippen LogP contribution is -2.36. The zero-order valence-corrected chi connectivity index (χ0v) is 16.0. The molecule has 0 bridgehead atoms. The van der Waals surface area contributed by atoms with E-state index in [1.807, 2.05) is 13.0 Å². The highest BCUT2D eigenvalue weighted by molar-refractivity contribution is 6.30. The monoisotopic (exact) mass is 387 g/mol. The smallest absolute Gasteiger partial charge is 0.348 e. The van der Waals surface area contributed by atoms with Gasteiger partial charge in [-0.3, -0.25) is 4.79 Å². The molecule has 6 heteroatoms. The number of amides is 1. The molecule has 1 fully saturated rings. The second-order valence-corrected chi connectivity index (χ2v) is 7.12. The lowest BCUT2D eigenvalue weighted by atomic mass is 10.1. The molecule has 0 spiro atoms. The predicted molar refractivity (Wildman–Crippen MR) is 103 cm³/mol. The lowest BCUT2D eigenvalue weighted by molar-refractivity contribution is -0.162. The van der Waals surface area contributed by atoms with Gasteiger partial charge < -0.3 is 14.8 Å². The van der Waals surface area contributed by atoms with E-state index in [9.17, 15) is 9.59 Å². The first-order valence-corrected chi connectivity index (χ1v) is 9.30. The van der Waals surface area contributed by atoms with E-state index in [0.717, 1.165) is 18.4 Å². The normalized spacial score (nSPS) is 15.5. The van der Waals surface area contributed by atoms with Gasteiger partial charge in [-0.2, -0.15) is 0 Å². The molecule has 3 rings (SSSR count). The standard InChI is InChI=1S/C21H22ClNO4/c1-13-12-16(22)8-11-18(13)26-14(2)21(25)27-19(15-6-4-3-5-7-15)20(24)23-17-9-10-17/h3-8,11-12,14,17,19H,9-10H2,1-2H3,(H,23,24). The summed E-state index contributed by atoms with van der Waals surface area (Å²) in [4.78, 5) is 25.1. The van der Waals surface area contributed by atoms with Gasteiger partial charge in [-0.05, 0) is 50.5 Å². The Balaban J connectivity index is 1.70. The third-order valence-corrected chi connectivity index (χ3v) is 4.51. The van der Waals surface area contributed by atoms with Gasteiger partial charge in [0.2, 0.25) is 6.10 Å². The zero-order valence-electron chi connectivity index (χ0n) is 15.3. The Labute approximate surface area is 163 Å². The van der Waals surface area contributed by atoms with Crippen LogP contribution in [0.3, 0.4) is 0 Å². The molecule has 0 heterocycles. The quantitative estimate of drug-likeness (QED) is 0.730. The molecular weight excluding hydrogens is 366 g/mol. The average molecular weight is 388 g/mol. The van der Waals surface area contributed by atoms with Crippen LogP contribution in [-0.4, -0.2) is 24.0 Å². The molecule has 1 aliphatic carbocycles. The average Bonchev–Trinajstić information content (AvgIpc) is 3.46. The van der Waals surface area contributed by atoms with Crippen LogP contribution in [0.2, 0.25) is 5.02 Å². The second-order valence-electron chi connectivity index (χ2n) is 6.68. The van der Waals surface area contributed by atoms with E-state index in [1.54, 1.807) is 49.4 Å². The molecule has 0 radical (unpaired) electrons. The summed E-state index contributed by atoms with van der Waals surface area (Å²) in [5.74, 6) is -0.376. The number of hydrogen-bond acceptors (Lipinski definition) is 4. The van der Waals surface area contributed by atoms with Crippen molar-refractivity contribution in [2.75, 3.05) is 0 Å².